The summed E-state index contributed by atoms with van der Waals surface area (Å²) in [6.45, 7) is 3.19. The standard InChI is InChI=1S/C11H14O9/c1-3-6-11(4-2,19-9(13)16-6)20-10(14)18-7-5-15-8(12)17-7/h6-7H,3-5H2,1-2H3. The van der Waals surface area contributed by atoms with Crippen LogP contribution in [0.4, 0.5) is 14.4 Å². The van der Waals surface area contributed by atoms with Crippen molar-refractivity contribution in [2.24, 2.45) is 0 Å². The highest BCUT2D eigenvalue weighted by Gasteiger charge is 2.53. The summed E-state index contributed by atoms with van der Waals surface area (Å²) in [6, 6.07) is 0. The van der Waals surface area contributed by atoms with Gasteiger partial charge in [-0.15, -0.1) is 0 Å². The van der Waals surface area contributed by atoms with Crippen molar-refractivity contribution in [3.05, 3.63) is 0 Å². The summed E-state index contributed by atoms with van der Waals surface area (Å²) in [7, 11) is 0. The maximum Gasteiger partial charge on any atom is 0.514 e. The van der Waals surface area contributed by atoms with Crippen molar-refractivity contribution in [1.29, 1.82) is 0 Å². The lowest BCUT2D eigenvalue weighted by atomic mass is 10.1. The molecule has 0 N–H and O–H groups in total. The molecule has 20 heavy (non-hydrogen) atoms. The SMILES string of the molecule is CCC1OC(=O)OC1(CC)OC(=O)OC1COC(=O)O1. The minimum Gasteiger partial charge on any atom is -0.426 e. The van der Waals surface area contributed by atoms with E-state index in [9.17, 15) is 14.4 Å². The van der Waals surface area contributed by atoms with Crippen LogP contribution in [0.15, 0.2) is 0 Å². The molecule has 112 valence electrons. The maximum absolute atomic E-state index is 11.7. The molecule has 2 fully saturated rings. The summed E-state index contributed by atoms with van der Waals surface area (Å²) in [6.07, 6.45) is -4.32. The second-order valence-corrected chi connectivity index (χ2v) is 4.11. The highest BCUT2D eigenvalue weighted by atomic mass is 16.9. The first-order valence-corrected chi connectivity index (χ1v) is 6.11. The normalized spacial score (nSPS) is 31.9. The molecule has 0 aromatic heterocycles. The molecular formula is C11H14O9. The Morgan fingerprint density at radius 3 is 2.60 bits per heavy atom. The van der Waals surface area contributed by atoms with Gasteiger partial charge in [0.1, 0.15) is 0 Å². The van der Waals surface area contributed by atoms with E-state index < -0.39 is 36.6 Å². The first-order valence-electron chi connectivity index (χ1n) is 6.11. The minimum absolute atomic E-state index is 0.188. The quantitative estimate of drug-likeness (QED) is 0.564. The van der Waals surface area contributed by atoms with E-state index in [0.29, 0.717) is 6.42 Å². The number of hydrogen-bond donors (Lipinski definition) is 0. The van der Waals surface area contributed by atoms with Gasteiger partial charge in [0.25, 0.3) is 6.29 Å². The number of carbonyl (C=O) groups is 3. The molecule has 0 aliphatic carbocycles. The molecule has 0 saturated carbocycles. The van der Waals surface area contributed by atoms with Crippen molar-refractivity contribution < 1.29 is 42.8 Å². The highest BCUT2D eigenvalue weighted by molar-refractivity contribution is 5.66. The summed E-state index contributed by atoms with van der Waals surface area (Å²) >= 11 is 0. The summed E-state index contributed by atoms with van der Waals surface area (Å²) in [5, 5.41) is 0. The number of ether oxygens (including phenoxy) is 6. The minimum atomic E-state index is -1.54. The molecule has 2 heterocycles. The lowest BCUT2D eigenvalue weighted by Crippen LogP contribution is -2.44. The fraction of sp³-hybridized carbons (Fsp3) is 0.727. The van der Waals surface area contributed by atoms with E-state index in [4.69, 9.17) is 18.9 Å². The number of carbonyl (C=O) groups excluding carboxylic acids is 3. The van der Waals surface area contributed by atoms with Crippen molar-refractivity contribution in [2.75, 3.05) is 6.61 Å². The molecule has 9 heteroatoms. The van der Waals surface area contributed by atoms with Gasteiger partial charge < -0.3 is 28.4 Å². The van der Waals surface area contributed by atoms with Gasteiger partial charge in [0.05, 0.1) is 0 Å². The van der Waals surface area contributed by atoms with Gasteiger partial charge in [0.15, 0.2) is 12.7 Å². The zero-order valence-corrected chi connectivity index (χ0v) is 11.0. The van der Waals surface area contributed by atoms with E-state index in [-0.39, 0.29) is 13.0 Å². The van der Waals surface area contributed by atoms with Crippen molar-refractivity contribution in [1.82, 2.24) is 0 Å². The number of hydrogen-bond acceptors (Lipinski definition) is 9. The van der Waals surface area contributed by atoms with Crippen molar-refractivity contribution in [3.63, 3.8) is 0 Å². The fourth-order valence-corrected chi connectivity index (χ4v) is 1.93. The lowest BCUT2D eigenvalue weighted by Gasteiger charge is -2.28. The summed E-state index contributed by atoms with van der Waals surface area (Å²) < 4.78 is 28.6. The Morgan fingerprint density at radius 2 is 2.05 bits per heavy atom. The average Bonchev–Trinajstić information content (AvgIpc) is 2.93. The first kappa shape index (κ1) is 14.2. The maximum atomic E-state index is 11.7. The molecule has 0 spiro atoms. The number of rotatable bonds is 4. The fourth-order valence-electron chi connectivity index (χ4n) is 1.93. The van der Waals surface area contributed by atoms with Crippen LogP contribution in [0.25, 0.3) is 0 Å². The average molecular weight is 290 g/mol. The van der Waals surface area contributed by atoms with Gasteiger partial charge in [-0.25, -0.2) is 14.4 Å². The van der Waals surface area contributed by atoms with Gasteiger partial charge in [0, 0.05) is 6.42 Å². The van der Waals surface area contributed by atoms with Crippen LogP contribution in [0.3, 0.4) is 0 Å². The lowest BCUT2D eigenvalue weighted by molar-refractivity contribution is -0.191. The van der Waals surface area contributed by atoms with Gasteiger partial charge in [0.2, 0.25) is 0 Å². The molecule has 0 bridgehead atoms. The Kier molecular flexibility index (Phi) is 3.86. The van der Waals surface area contributed by atoms with Crippen LogP contribution < -0.4 is 0 Å². The van der Waals surface area contributed by atoms with E-state index in [2.05, 4.69) is 9.47 Å². The van der Waals surface area contributed by atoms with Crippen LogP contribution in [0.1, 0.15) is 26.7 Å². The molecular weight excluding hydrogens is 276 g/mol. The zero-order valence-electron chi connectivity index (χ0n) is 11.0. The van der Waals surface area contributed by atoms with Crippen LogP contribution in [-0.2, 0) is 28.4 Å². The summed E-state index contributed by atoms with van der Waals surface area (Å²) in [4.78, 5) is 33.5. The Balaban J connectivity index is 1.97. The van der Waals surface area contributed by atoms with Crippen LogP contribution in [0.5, 0.6) is 0 Å². The van der Waals surface area contributed by atoms with Gasteiger partial charge in [-0.3, -0.25) is 0 Å². The molecule has 2 saturated heterocycles. The molecule has 3 unspecified atom stereocenters. The van der Waals surface area contributed by atoms with Crippen molar-refractivity contribution in [2.45, 2.75) is 44.9 Å². The Bertz CT molecular complexity index is 420. The second-order valence-electron chi connectivity index (χ2n) is 4.11. The molecule has 0 amide bonds. The Morgan fingerprint density at radius 1 is 1.30 bits per heavy atom. The molecule has 0 radical (unpaired) electrons. The van der Waals surface area contributed by atoms with Gasteiger partial charge in [-0.05, 0) is 6.42 Å². The van der Waals surface area contributed by atoms with Gasteiger partial charge >= 0.3 is 24.3 Å². The largest absolute Gasteiger partial charge is 0.514 e. The third kappa shape index (κ3) is 2.70. The van der Waals surface area contributed by atoms with E-state index in [1.54, 1.807) is 13.8 Å². The third-order valence-corrected chi connectivity index (χ3v) is 2.90. The summed E-state index contributed by atoms with van der Waals surface area (Å²) in [5.41, 5.74) is 0. The van der Waals surface area contributed by atoms with Crippen molar-refractivity contribution in [3.8, 4) is 0 Å². The third-order valence-electron chi connectivity index (χ3n) is 2.90. The molecule has 2 aliphatic heterocycles. The Labute approximate surface area is 114 Å². The molecule has 3 atom stereocenters. The molecule has 9 nitrogen and oxygen atoms in total. The zero-order chi connectivity index (χ0) is 14.8. The molecule has 2 rings (SSSR count). The topological polar surface area (TPSA) is 107 Å². The molecule has 2 aliphatic rings. The second kappa shape index (κ2) is 5.43. The number of cyclic esters (lactones) is 4. The Hall–Kier alpha value is -2.19. The van der Waals surface area contributed by atoms with E-state index >= 15 is 0 Å². The van der Waals surface area contributed by atoms with E-state index in [0.717, 1.165) is 0 Å². The predicted molar refractivity (Wildman–Crippen MR) is 58.5 cm³/mol. The monoisotopic (exact) mass is 290 g/mol. The van der Waals surface area contributed by atoms with Gasteiger partial charge in [-0.2, -0.15) is 0 Å². The van der Waals surface area contributed by atoms with Crippen LogP contribution in [-0.4, -0.2) is 43.3 Å². The highest BCUT2D eigenvalue weighted by Crippen LogP contribution is 2.34. The molecule has 0 aromatic rings. The van der Waals surface area contributed by atoms with Gasteiger partial charge in [-0.1, -0.05) is 13.8 Å². The van der Waals surface area contributed by atoms with Crippen LogP contribution in [0.2, 0.25) is 0 Å². The van der Waals surface area contributed by atoms with E-state index in [1.807, 2.05) is 0 Å². The first-order chi connectivity index (χ1) is 9.49. The van der Waals surface area contributed by atoms with E-state index in [1.165, 1.54) is 0 Å². The van der Waals surface area contributed by atoms with Crippen molar-refractivity contribution >= 4 is 18.5 Å². The molecule has 0 aromatic carbocycles. The van der Waals surface area contributed by atoms with Crippen LogP contribution >= 0.6 is 0 Å². The van der Waals surface area contributed by atoms with Crippen LogP contribution in [0, 0.1) is 0 Å². The smallest absolute Gasteiger partial charge is 0.426 e. The summed E-state index contributed by atoms with van der Waals surface area (Å²) in [5.74, 6) is -1.54. The predicted octanol–water partition coefficient (Wildman–Crippen LogP) is 1.68.